The summed E-state index contributed by atoms with van der Waals surface area (Å²) in [6.45, 7) is 2.08. The van der Waals surface area contributed by atoms with Gasteiger partial charge in [-0.2, -0.15) is 10.5 Å². The predicted octanol–water partition coefficient (Wildman–Crippen LogP) is 2.68. The summed E-state index contributed by atoms with van der Waals surface area (Å²) in [5.74, 6) is 0. The maximum atomic E-state index is 8.55. The molecule has 0 saturated carbocycles. The van der Waals surface area contributed by atoms with Gasteiger partial charge in [-0.25, -0.2) is 0 Å². The predicted molar refractivity (Wildman–Crippen MR) is 55.0 cm³/mol. The molecule has 0 aromatic heterocycles. The number of allylic oxidation sites excluding steroid dienone is 1. The molecule has 2 heteroatoms. The third-order valence-electron chi connectivity index (χ3n) is 1.94. The summed E-state index contributed by atoms with van der Waals surface area (Å²) in [5, 5.41) is 17.1. The van der Waals surface area contributed by atoms with Crippen LogP contribution in [0.1, 0.15) is 18.1 Å². The highest BCUT2D eigenvalue weighted by atomic mass is 14.3. The van der Waals surface area contributed by atoms with Gasteiger partial charge in [-0.15, -0.1) is 0 Å². The van der Waals surface area contributed by atoms with Crippen LogP contribution in [-0.4, -0.2) is 0 Å². The second-order valence-electron chi connectivity index (χ2n) is 2.88. The van der Waals surface area contributed by atoms with E-state index < -0.39 is 0 Å². The molecule has 0 amide bonds. The average molecular weight is 182 g/mol. The van der Waals surface area contributed by atoms with Crippen molar-refractivity contribution in [3.8, 4) is 12.1 Å². The van der Waals surface area contributed by atoms with Crippen LogP contribution < -0.4 is 0 Å². The van der Waals surface area contributed by atoms with E-state index in [9.17, 15) is 0 Å². The summed E-state index contributed by atoms with van der Waals surface area (Å²) >= 11 is 0. The molecule has 68 valence electrons. The van der Waals surface area contributed by atoms with E-state index in [1.54, 1.807) is 6.08 Å². The minimum Gasteiger partial charge on any atom is -0.192 e. The number of nitrogens with zero attached hydrogens (tertiary/aromatic N) is 2. The van der Waals surface area contributed by atoms with Crippen molar-refractivity contribution >= 4 is 6.08 Å². The zero-order chi connectivity index (χ0) is 10.4. The summed E-state index contributed by atoms with van der Waals surface area (Å²) in [5.41, 5.74) is 2.27. The van der Waals surface area contributed by atoms with E-state index >= 15 is 0 Å². The number of hydrogen-bond acceptors (Lipinski definition) is 2. The number of aryl methyl sites for hydroxylation is 1. The van der Waals surface area contributed by atoms with Crippen molar-refractivity contribution in [2.45, 2.75) is 13.3 Å². The zero-order valence-corrected chi connectivity index (χ0v) is 7.99. The molecule has 0 saturated heterocycles. The van der Waals surface area contributed by atoms with E-state index in [0.717, 1.165) is 12.0 Å². The van der Waals surface area contributed by atoms with Gasteiger partial charge in [0.05, 0.1) is 0 Å². The van der Waals surface area contributed by atoms with Crippen molar-refractivity contribution in [2.75, 3.05) is 0 Å². The lowest BCUT2D eigenvalue weighted by atomic mass is 10.1. The van der Waals surface area contributed by atoms with Crippen LogP contribution >= 0.6 is 0 Å². The first-order chi connectivity index (χ1) is 6.80. The summed E-state index contributed by atoms with van der Waals surface area (Å²) in [4.78, 5) is 0. The van der Waals surface area contributed by atoms with Gasteiger partial charge in [0.25, 0.3) is 0 Å². The largest absolute Gasteiger partial charge is 0.192 e. The summed E-state index contributed by atoms with van der Waals surface area (Å²) in [6, 6.07) is 11.5. The van der Waals surface area contributed by atoms with Crippen LogP contribution in [0.15, 0.2) is 29.8 Å². The molecule has 0 bridgehead atoms. The normalized spacial score (nSPS) is 8.50. The molecule has 0 heterocycles. The fourth-order valence-electron chi connectivity index (χ4n) is 1.11. The smallest absolute Gasteiger partial charge is 0.130 e. The van der Waals surface area contributed by atoms with Crippen LogP contribution in [0.3, 0.4) is 0 Å². The Labute approximate surface area is 83.7 Å². The highest BCUT2D eigenvalue weighted by molar-refractivity contribution is 5.61. The van der Waals surface area contributed by atoms with E-state index in [4.69, 9.17) is 10.5 Å². The van der Waals surface area contributed by atoms with E-state index in [-0.39, 0.29) is 5.57 Å². The Balaban J connectivity index is 2.95. The number of hydrogen-bond donors (Lipinski definition) is 0. The lowest BCUT2D eigenvalue weighted by Gasteiger charge is -1.96. The molecule has 0 aliphatic carbocycles. The van der Waals surface area contributed by atoms with Crippen LogP contribution in [-0.2, 0) is 6.42 Å². The quantitative estimate of drug-likeness (QED) is 0.660. The van der Waals surface area contributed by atoms with Gasteiger partial charge in [-0.3, -0.25) is 0 Å². The van der Waals surface area contributed by atoms with E-state index in [0.29, 0.717) is 0 Å². The van der Waals surface area contributed by atoms with Gasteiger partial charge < -0.3 is 0 Å². The number of benzene rings is 1. The SMILES string of the molecule is CCc1ccc(C=C(C#N)C#N)cc1. The second kappa shape index (κ2) is 4.84. The van der Waals surface area contributed by atoms with Gasteiger partial charge in [-0.1, -0.05) is 31.2 Å². The van der Waals surface area contributed by atoms with Crippen LogP contribution in [0.4, 0.5) is 0 Å². The summed E-state index contributed by atoms with van der Waals surface area (Å²) < 4.78 is 0. The molecule has 0 N–H and O–H groups in total. The number of rotatable bonds is 2. The highest BCUT2D eigenvalue weighted by Crippen LogP contribution is 2.08. The standard InChI is InChI=1S/C12H10N2/c1-2-10-3-5-11(6-4-10)7-12(8-13)9-14/h3-7H,2H2,1H3. The maximum Gasteiger partial charge on any atom is 0.130 e. The molecular weight excluding hydrogens is 172 g/mol. The summed E-state index contributed by atoms with van der Waals surface area (Å²) in [6.07, 6.45) is 2.58. The molecule has 1 rings (SSSR count). The Morgan fingerprint density at radius 3 is 2.21 bits per heavy atom. The first kappa shape index (κ1) is 10.0. The average Bonchev–Trinajstić information content (AvgIpc) is 2.26. The molecule has 2 nitrogen and oxygen atoms in total. The lowest BCUT2D eigenvalue weighted by Crippen LogP contribution is -1.80. The van der Waals surface area contributed by atoms with Gasteiger partial charge in [0, 0.05) is 0 Å². The molecule has 0 aliphatic rings. The zero-order valence-electron chi connectivity index (χ0n) is 7.99. The number of nitriles is 2. The minimum atomic E-state index is 0.134. The Kier molecular flexibility index (Phi) is 3.47. The third-order valence-corrected chi connectivity index (χ3v) is 1.94. The molecule has 0 aliphatic heterocycles. The second-order valence-corrected chi connectivity index (χ2v) is 2.88. The molecule has 0 atom stereocenters. The highest BCUT2D eigenvalue weighted by Gasteiger charge is 1.93. The Bertz CT molecular complexity index is 397. The van der Waals surface area contributed by atoms with E-state index in [1.165, 1.54) is 5.56 Å². The fraction of sp³-hybridized carbons (Fsp3) is 0.167. The molecule has 0 fully saturated rings. The molecule has 14 heavy (non-hydrogen) atoms. The molecule has 1 aromatic carbocycles. The van der Waals surface area contributed by atoms with Crippen molar-refractivity contribution in [3.05, 3.63) is 41.0 Å². The summed E-state index contributed by atoms with van der Waals surface area (Å²) in [7, 11) is 0. The fourth-order valence-corrected chi connectivity index (χ4v) is 1.11. The van der Waals surface area contributed by atoms with Crippen molar-refractivity contribution < 1.29 is 0 Å². The molecule has 1 aromatic rings. The van der Waals surface area contributed by atoms with Gasteiger partial charge in [-0.05, 0) is 23.6 Å². The van der Waals surface area contributed by atoms with E-state index in [2.05, 4.69) is 6.92 Å². The van der Waals surface area contributed by atoms with Crippen molar-refractivity contribution in [2.24, 2.45) is 0 Å². The van der Waals surface area contributed by atoms with Gasteiger partial charge in [0.2, 0.25) is 0 Å². The first-order valence-electron chi connectivity index (χ1n) is 4.41. The van der Waals surface area contributed by atoms with Crippen LogP contribution in [0.2, 0.25) is 0 Å². The van der Waals surface area contributed by atoms with E-state index in [1.807, 2.05) is 36.4 Å². The monoisotopic (exact) mass is 182 g/mol. The van der Waals surface area contributed by atoms with Gasteiger partial charge in [0.1, 0.15) is 17.7 Å². The van der Waals surface area contributed by atoms with Crippen molar-refractivity contribution in [1.29, 1.82) is 10.5 Å². The lowest BCUT2D eigenvalue weighted by molar-refractivity contribution is 1.14. The Morgan fingerprint density at radius 1 is 1.21 bits per heavy atom. The van der Waals surface area contributed by atoms with Crippen LogP contribution in [0, 0.1) is 22.7 Å². The third kappa shape index (κ3) is 2.47. The van der Waals surface area contributed by atoms with Gasteiger partial charge in [0.15, 0.2) is 0 Å². The maximum absolute atomic E-state index is 8.55. The minimum absolute atomic E-state index is 0.134. The van der Waals surface area contributed by atoms with Crippen molar-refractivity contribution in [1.82, 2.24) is 0 Å². The molecule has 0 spiro atoms. The first-order valence-corrected chi connectivity index (χ1v) is 4.41. The van der Waals surface area contributed by atoms with Crippen LogP contribution in [0.25, 0.3) is 6.08 Å². The molecule has 0 unspecified atom stereocenters. The van der Waals surface area contributed by atoms with Crippen LogP contribution in [0.5, 0.6) is 0 Å². The van der Waals surface area contributed by atoms with Crippen molar-refractivity contribution in [3.63, 3.8) is 0 Å². The topological polar surface area (TPSA) is 47.6 Å². The Morgan fingerprint density at radius 2 is 1.79 bits per heavy atom. The molecule has 0 radical (unpaired) electrons. The molecular formula is C12H10N2. The Hall–Kier alpha value is -2.06. The van der Waals surface area contributed by atoms with Gasteiger partial charge >= 0.3 is 0 Å².